The molecule has 124 valence electrons. The van der Waals surface area contributed by atoms with Gasteiger partial charge in [-0.2, -0.15) is 13.2 Å². The third kappa shape index (κ3) is 3.55. The molecule has 3 nitrogen and oxygen atoms in total. The average molecular weight is 325 g/mol. The lowest BCUT2D eigenvalue weighted by Gasteiger charge is -2.38. The molecule has 0 aromatic heterocycles. The molecule has 23 heavy (non-hydrogen) atoms. The van der Waals surface area contributed by atoms with Crippen LogP contribution in [0.4, 0.5) is 13.2 Å². The average Bonchev–Trinajstić information content (AvgIpc) is 2.57. The molecule has 0 aliphatic heterocycles. The molecule has 0 aliphatic carbocycles. The van der Waals surface area contributed by atoms with Crippen LogP contribution in [0.25, 0.3) is 0 Å². The fourth-order valence-electron chi connectivity index (χ4n) is 2.50. The van der Waals surface area contributed by atoms with Crippen molar-refractivity contribution < 1.29 is 23.4 Å². The van der Waals surface area contributed by atoms with Crippen LogP contribution in [0.2, 0.25) is 0 Å². The summed E-state index contributed by atoms with van der Waals surface area (Å²) in [5, 5.41) is 21.5. The highest BCUT2D eigenvalue weighted by atomic mass is 19.4. The van der Waals surface area contributed by atoms with Crippen LogP contribution < -0.4 is 5.32 Å². The topological polar surface area (TPSA) is 52.5 Å². The summed E-state index contributed by atoms with van der Waals surface area (Å²) in [6.45, 7) is -1.71. The van der Waals surface area contributed by atoms with Crippen molar-refractivity contribution in [3.63, 3.8) is 0 Å². The number of halogens is 3. The fraction of sp³-hybridized carbons (Fsp3) is 0.294. The molecule has 2 aromatic rings. The monoisotopic (exact) mass is 325 g/mol. The van der Waals surface area contributed by atoms with Gasteiger partial charge in [0, 0.05) is 0 Å². The van der Waals surface area contributed by atoms with E-state index >= 15 is 0 Å². The highest BCUT2D eigenvalue weighted by Gasteiger charge is 2.56. The van der Waals surface area contributed by atoms with E-state index in [0.717, 1.165) is 0 Å². The molecule has 2 rings (SSSR count). The first-order valence-electron chi connectivity index (χ1n) is 7.11. The molecule has 3 N–H and O–H groups in total. The third-order valence-electron chi connectivity index (χ3n) is 3.79. The summed E-state index contributed by atoms with van der Waals surface area (Å²) in [6.07, 6.45) is -4.74. The van der Waals surface area contributed by atoms with Gasteiger partial charge in [-0.05, 0) is 11.1 Å². The highest BCUT2D eigenvalue weighted by molar-refractivity contribution is 5.29. The molecule has 0 fully saturated rings. The Hall–Kier alpha value is -1.89. The first kappa shape index (κ1) is 17.5. The second-order valence-corrected chi connectivity index (χ2v) is 5.22. The first-order chi connectivity index (χ1) is 10.9. The summed E-state index contributed by atoms with van der Waals surface area (Å²) in [6, 6.07) is 14.5. The van der Waals surface area contributed by atoms with Gasteiger partial charge in [-0.15, -0.1) is 0 Å². The van der Waals surface area contributed by atoms with Crippen LogP contribution in [0.5, 0.6) is 0 Å². The van der Waals surface area contributed by atoms with E-state index in [4.69, 9.17) is 0 Å². The van der Waals surface area contributed by atoms with E-state index in [2.05, 4.69) is 5.32 Å². The number of hydrogen-bond donors (Lipinski definition) is 3. The van der Waals surface area contributed by atoms with Gasteiger partial charge in [-0.3, -0.25) is 5.32 Å². The predicted octanol–water partition coefficient (Wildman–Crippen LogP) is 2.76. The van der Waals surface area contributed by atoms with Crippen molar-refractivity contribution >= 4 is 0 Å². The van der Waals surface area contributed by atoms with Crippen molar-refractivity contribution in [2.24, 2.45) is 0 Å². The summed E-state index contributed by atoms with van der Waals surface area (Å²) in [4.78, 5) is 0. The van der Waals surface area contributed by atoms with Crippen LogP contribution >= 0.6 is 0 Å². The van der Waals surface area contributed by atoms with Crippen molar-refractivity contribution in [2.45, 2.75) is 17.8 Å². The molecular formula is C17H18F3NO2. The van der Waals surface area contributed by atoms with Crippen LogP contribution in [0.1, 0.15) is 17.2 Å². The second-order valence-electron chi connectivity index (χ2n) is 5.22. The predicted molar refractivity (Wildman–Crippen MR) is 80.7 cm³/mol. The van der Waals surface area contributed by atoms with Crippen molar-refractivity contribution in [2.75, 3.05) is 13.2 Å². The van der Waals surface area contributed by atoms with Crippen LogP contribution in [0, 0.1) is 0 Å². The Balaban J connectivity index is 2.46. The Bertz CT molecular complexity index is 604. The second kappa shape index (κ2) is 7.12. The lowest BCUT2D eigenvalue weighted by molar-refractivity contribution is -0.215. The molecule has 0 spiro atoms. The van der Waals surface area contributed by atoms with E-state index < -0.39 is 31.0 Å². The van der Waals surface area contributed by atoms with Crippen LogP contribution in [0.3, 0.4) is 0 Å². The Morgan fingerprint density at radius 3 is 1.83 bits per heavy atom. The minimum absolute atomic E-state index is 0.107. The normalized spacial score (nSPS) is 15.9. The summed E-state index contributed by atoms with van der Waals surface area (Å²) >= 11 is 0. The van der Waals surface area contributed by atoms with Gasteiger partial charge in [-0.25, -0.2) is 0 Å². The maximum atomic E-state index is 13.8. The molecule has 2 atom stereocenters. The van der Waals surface area contributed by atoms with Crippen molar-refractivity contribution in [3.8, 4) is 0 Å². The number of nitrogens with one attached hydrogen (secondary N) is 1. The van der Waals surface area contributed by atoms with Crippen molar-refractivity contribution in [1.82, 2.24) is 5.32 Å². The minimum Gasteiger partial charge on any atom is -0.394 e. The molecule has 0 heterocycles. The van der Waals surface area contributed by atoms with Gasteiger partial charge in [0.15, 0.2) is 5.54 Å². The fourth-order valence-corrected chi connectivity index (χ4v) is 2.50. The van der Waals surface area contributed by atoms with Crippen molar-refractivity contribution in [1.29, 1.82) is 0 Å². The Morgan fingerprint density at radius 2 is 1.39 bits per heavy atom. The van der Waals surface area contributed by atoms with E-state index in [1.54, 1.807) is 36.4 Å². The van der Waals surface area contributed by atoms with E-state index in [1.807, 2.05) is 0 Å². The number of rotatable bonds is 6. The van der Waals surface area contributed by atoms with Crippen LogP contribution in [-0.4, -0.2) is 29.6 Å². The molecule has 0 unspecified atom stereocenters. The molecule has 0 radical (unpaired) electrons. The Kier molecular flexibility index (Phi) is 5.41. The van der Waals surface area contributed by atoms with Gasteiger partial charge in [-0.1, -0.05) is 60.7 Å². The highest BCUT2D eigenvalue weighted by Crippen LogP contribution is 2.40. The summed E-state index contributed by atoms with van der Waals surface area (Å²) < 4.78 is 41.3. The van der Waals surface area contributed by atoms with Crippen LogP contribution in [0.15, 0.2) is 60.7 Å². The molecule has 6 heteroatoms. The summed E-state index contributed by atoms with van der Waals surface area (Å²) in [5.41, 5.74) is -2.25. The first-order valence-corrected chi connectivity index (χ1v) is 7.11. The summed E-state index contributed by atoms with van der Waals surface area (Å²) in [7, 11) is 0. The standard InChI is InChI=1S/C17H18F3NO2/c18-17(19,20)16(12-23,14-9-5-2-6-10-14)21-15(11-22)13-7-3-1-4-8-13/h1-10,15,21-23H,11-12H2/t15-,16-/m0/s1. The van der Waals surface area contributed by atoms with Gasteiger partial charge in [0.2, 0.25) is 0 Å². The van der Waals surface area contributed by atoms with E-state index in [-0.39, 0.29) is 5.56 Å². The zero-order valence-electron chi connectivity index (χ0n) is 12.3. The molecule has 2 aromatic carbocycles. The van der Waals surface area contributed by atoms with Gasteiger partial charge in [0.1, 0.15) is 0 Å². The number of benzene rings is 2. The van der Waals surface area contributed by atoms with Gasteiger partial charge < -0.3 is 10.2 Å². The molecule has 0 saturated heterocycles. The van der Waals surface area contributed by atoms with Crippen molar-refractivity contribution in [3.05, 3.63) is 71.8 Å². The number of aliphatic hydroxyl groups is 2. The quantitative estimate of drug-likeness (QED) is 0.765. The molecule has 0 aliphatic rings. The summed E-state index contributed by atoms with van der Waals surface area (Å²) in [5.74, 6) is 0. The number of aliphatic hydroxyl groups excluding tert-OH is 2. The lowest BCUT2D eigenvalue weighted by Crippen LogP contribution is -2.58. The molecule has 0 bridgehead atoms. The minimum atomic E-state index is -4.74. The zero-order chi connectivity index (χ0) is 16.9. The third-order valence-corrected chi connectivity index (χ3v) is 3.79. The van der Waals surface area contributed by atoms with Gasteiger partial charge in [0.05, 0.1) is 19.3 Å². The maximum Gasteiger partial charge on any atom is 0.413 e. The smallest absolute Gasteiger partial charge is 0.394 e. The maximum absolute atomic E-state index is 13.8. The van der Waals surface area contributed by atoms with Crippen LogP contribution in [-0.2, 0) is 5.54 Å². The molecule has 0 saturated carbocycles. The molecule has 0 amide bonds. The van der Waals surface area contributed by atoms with E-state index in [1.165, 1.54) is 24.3 Å². The Morgan fingerprint density at radius 1 is 0.870 bits per heavy atom. The van der Waals surface area contributed by atoms with E-state index in [0.29, 0.717) is 5.56 Å². The largest absolute Gasteiger partial charge is 0.413 e. The lowest BCUT2D eigenvalue weighted by atomic mass is 9.88. The van der Waals surface area contributed by atoms with Gasteiger partial charge in [0.25, 0.3) is 0 Å². The zero-order valence-corrected chi connectivity index (χ0v) is 12.3. The number of alkyl halides is 3. The Labute approximate surface area is 132 Å². The van der Waals surface area contributed by atoms with E-state index in [9.17, 15) is 23.4 Å². The SMILES string of the molecule is OC[C@H](N[C@@](CO)(c1ccccc1)C(F)(F)F)c1ccccc1. The number of hydrogen-bond acceptors (Lipinski definition) is 3. The van der Waals surface area contributed by atoms with Gasteiger partial charge >= 0.3 is 6.18 Å². The molecular weight excluding hydrogens is 307 g/mol.